The molecular weight excluding hydrogens is 406 g/mol. The van der Waals surface area contributed by atoms with Crippen LogP contribution in [0.2, 0.25) is 0 Å². The van der Waals surface area contributed by atoms with E-state index in [0.717, 1.165) is 4.90 Å². The van der Waals surface area contributed by atoms with Crippen LogP contribution in [0.3, 0.4) is 0 Å². The maximum absolute atomic E-state index is 12.4. The molecule has 31 heavy (non-hydrogen) atoms. The van der Waals surface area contributed by atoms with E-state index in [0.29, 0.717) is 11.1 Å². The van der Waals surface area contributed by atoms with Crippen molar-refractivity contribution < 1.29 is 29.5 Å². The van der Waals surface area contributed by atoms with Gasteiger partial charge < -0.3 is 15.5 Å². The number of aliphatic carboxylic acids is 1. The number of hydrogen-bond donors (Lipinski definition) is 3. The summed E-state index contributed by atoms with van der Waals surface area (Å²) < 4.78 is 0. The number of carbonyl (C=O) groups excluding carboxylic acids is 1. The van der Waals surface area contributed by atoms with Gasteiger partial charge in [0.25, 0.3) is 11.6 Å². The van der Waals surface area contributed by atoms with Gasteiger partial charge in [-0.2, -0.15) is 0 Å². The Bertz CT molecular complexity index is 994. The molecular formula is C21H21N3O7. The predicted molar refractivity (Wildman–Crippen MR) is 109 cm³/mol. The summed E-state index contributed by atoms with van der Waals surface area (Å²) in [5.74, 6) is -1.67. The summed E-state index contributed by atoms with van der Waals surface area (Å²) in [6, 6.07) is 13.2. The summed E-state index contributed by atoms with van der Waals surface area (Å²) in [7, 11) is 0. The number of nitrogens with zero attached hydrogens (tertiary/aromatic N) is 2. The van der Waals surface area contributed by atoms with Crippen molar-refractivity contribution in [2.24, 2.45) is 0 Å². The minimum absolute atomic E-state index is 0.0225. The Morgan fingerprint density at radius 1 is 1.10 bits per heavy atom. The van der Waals surface area contributed by atoms with Gasteiger partial charge in [-0.05, 0) is 30.5 Å². The lowest BCUT2D eigenvalue weighted by Crippen LogP contribution is -2.65. The number of rotatable bonds is 6. The summed E-state index contributed by atoms with van der Waals surface area (Å²) in [5, 5.41) is 33.3. The van der Waals surface area contributed by atoms with E-state index in [1.165, 1.54) is 24.3 Å². The monoisotopic (exact) mass is 427 g/mol. The number of nitro groups is 1. The molecule has 2 aromatic carbocycles. The van der Waals surface area contributed by atoms with Crippen LogP contribution in [0.4, 0.5) is 10.5 Å². The highest BCUT2D eigenvalue weighted by Gasteiger charge is 2.50. The van der Waals surface area contributed by atoms with Crippen molar-refractivity contribution in [3.05, 3.63) is 75.8 Å². The number of hydrogen-bond acceptors (Lipinski definition) is 5. The number of carboxylic acids is 1. The molecule has 1 aliphatic rings. The first-order valence-corrected chi connectivity index (χ1v) is 9.56. The van der Waals surface area contributed by atoms with Gasteiger partial charge in [0.15, 0.2) is 0 Å². The molecule has 10 nitrogen and oxygen atoms in total. The Morgan fingerprint density at radius 2 is 1.74 bits per heavy atom. The smallest absolute Gasteiger partial charge is 0.408 e. The highest BCUT2D eigenvalue weighted by atomic mass is 16.6. The quantitative estimate of drug-likeness (QED) is 0.473. The first-order valence-electron chi connectivity index (χ1n) is 9.56. The summed E-state index contributed by atoms with van der Waals surface area (Å²) in [6.45, 7) is -0.187. The molecule has 10 heteroatoms. The first-order chi connectivity index (χ1) is 14.7. The zero-order valence-corrected chi connectivity index (χ0v) is 16.4. The van der Waals surface area contributed by atoms with Crippen molar-refractivity contribution in [2.45, 2.75) is 30.8 Å². The largest absolute Gasteiger partial charge is 0.479 e. The lowest BCUT2D eigenvalue weighted by Gasteiger charge is -2.45. The van der Waals surface area contributed by atoms with Crippen LogP contribution in [0.15, 0.2) is 54.6 Å². The molecule has 1 aliphatic heterocycles. The molecule has 1 saturated heterocycles. The van der Waals surface area contributed by atoms with E-state index in [2.05, 4.69) is 5.32 Å². The van der Waals surface area contributed by atoms with Gasteiger partial charge in [-0.25, -0.2) is 9.59 Å². The van der Waals surface area contributed by atoms with Crippen LogP contribution in [0.5, 0.6) is 0 Å². The van der Waals surface area contributed by atoms with E-state index in [9.17, 15) is 34.7 Å². The number of piperidine rings is 1. The number of nitro benzene ring substituents is 1. The van der Waals surface area contributed by atoms with E-state index in [1.807, 2.05) is 0 Å². The number of likely N-dealkylation sites (tertiary alicyclic amines) is 1. The molecule has 3 rings (SSSR count). The lowest BCUT2D eigenvalue weighted by atomic mass is 9.80. The fraction of sp³-hybridized carbons (Fsp3) is 0.286. The van der Waals surface area contributed by atoms with Crippen LogP contribution in [-0.4, -0.2) is 56.1 Å². The van der Waals surface area contributed by atoms with E-state index in [4.69, 9.17) is 0 Å². The Hall–Kier alpha value is -3.95. The zero-order valence-electron chi connectivity index (χ0n) is 16.4. The standard InChI is InChI=1S/C21H21N3O7/c25-18(15-4-2-1-3-5-15)22-16-10-11-21(19(26)27,23(13-16)20(28)29)12-14-6-8-17(9-7-14)24(30)31/h1-9,16H,10-13H2,(H,22,25)(H,26,27)(H,28,29)/t16-,21-/m1/s1. The molecule has 0 saturated carbocycles. The fourth-order valence-corrected chi connectivity index (χ4v) is 3.83. The van der Waals surface area contributed by atoms with Crippen molar-refractivity contribution in [3.63, 3.8) is 0 Å². The SMILES string of the molecule is O=C(N[C@@H]1CC[C@@](Cc2ccc([N+](=O)[O-])cc2)(C(=O)O)N(C(=O)O)C1)c1ccccc1. The number of non-ortho nitro benzene ring substituents is 1. The average molecular weight is 427 g/mol. The molecule has 2 atom stereocenters. The normalized spacial score (nSPS) is 20.6. The van der Waals surface area contributed by atoms with Gasteiger partial charge in [0.05, 0.1) is 4.92 Å². The Kier molecular flexibility index (Phi) is 6.19. The maximum atomic E-state index is 12.4. The average Bonchev–Trinajstić information content (AvgIpc) is 2.75. The molecule has 2 amide bonds. The zero-order chi connectivity index (χ0) is 22.6. The van der Waals surface area contributed by atoms with Gasteiger partial charge >= 0.3 is 12.1 Å². The molecule has 2 aromatic rings. The van der Waals surface area contributed by atoms with Gasteiger partial charge in [-0.1, -0.05) is 30.3 Å². The van der Waals surface area contributed by atoms with Crippen LogP contribution < -0.4 is 5.32 Å². The van der Waals surface area contributed by atoms with Crippen LogP contribution in [0.1, 0.15) is 28.8 Å². The van der Waals surface area contributed by atoms with Crippen LogP contribution in [0.25, 0.3) is 0 Å². The van der Waals surface area contributed by atoms with Gasteiger partial charge in [0, 0.05) is 36.7 Å². The molecule has 3 N–H and O–H groups in total. The highest BCUT2D eigenvalue weighted by molar-refractivity contribution is 5.94. The topological polar surface area (TPSA) is 150 Å². The van der Waals surface area contributed by atoms with Gasteiger partial charge in [0.2, 0.25) is 0 Å². The molecule has 0 aliphatic carbocycles. The third kappa shape index (κ3) is 4.63. The van der Waals surface area contributed by atoms with E-state index >= 15 is 0 Å². The minimum atomic E-state index is -1.74. The van der Waals surface area contributed by atoms with Gasteiger partial charge in [-0.3, -0.25) is 19.8 Å². The van der Waals surface area contributed by atoms with Crippen molar-refractivity contribution in [3.8, 4) is 0 Å². The highest BCUT2D eigenvalue weighted by Crippen LogP contribution is 2.33. The molecule has 0 bridgehead atoms. The lowest BCUT2D eigenvalue weighted by molar-refractivity contribution is -0.384. The second kappa shape index (κ2) is 8.82. The molecule has 1 fully saturated rings. The summed E-state index contributed by atoms with van der Waals surface area (Å²) in [6.07, 6.45) is -1.32. The third-order valence-corrected chi connectivity index (χ3v) is 5.47. The van der Waals surface area contributed by atoms with E-state index in [-0.39, 0.29) is 37.4 Å². The number of nitrogens with one attached hydrogen (secondary N) is 1. The van der Waals surface area contributed by atoms with Crippen molar-refractivity contribution in [2.75, 3.05) is 6.54 Å². The Labute approximate surface area is 177 Å². The Morgan fingerprint density at radius 3 is 2.29 bits per heavy atom. The fourth-order valence-electron chi connectivity index (χ4n) is 3.83. The third-order valence-electron chi connectivity index (χ3n) is 5.47. The molecule has 0 radical (unpaired) electrons. The van der Waals surface area contributed by atoms with Crippen LogP contribution in [-0.2, 0) is 11.2 Å². The summed E-state index contributed by atoms with van der Waals surface area (Å²) >= 11 is 0. The number of carbonyl (C=O) groups is 3. The van der Waals surface area contributed by atoms with Crippen LogP contribution in [0, 0.1) is 10.1 Å². The number of amides is 2. The second-order valence-electron chi connectivity index (χ2n) is 7.41. The summed E-state index contributed by atoms with van der Waals surface area (Å²) in [5.41, 5.74) is -0.998. The number of carboxylic acid groups (broad SMARTS) is 2. The molecule has 1 heterocycles. The van der Waals surface area contributed by atoms with Gasteiger partial charge in [-0.15, -0.1) is 0 Å². The van der Waals surface area contributed by atoms with E-state index < -0.39 is 28.6 Å². The minimum Gasteiger partial charge on any atom is -0.479 e. The van der Waals surface area contributed by atoms with E-state index in [1.54, 1.807) is 30.3 Å². The molecule has 0 spiro atoms. The maximum Gasteiger partial charge on any atom is 0.408 e. The molecule has 0 unspecified atom stereocenters. The molecule has 0 aromatic heterocycles. The summed E-state index contributed by atoms with van der Waals surface area (Å²) in [4.78, 5) is 47.7. The first kappa shape index (κ1) is 21.8. The van der Waals surface area contributed by atoms with Crippen molar-refractivity contribution in [1.29, 1.82) is 0 Å². The number of benzene rings is 2. The van der Waals surface area contributed by atoms with Crippen molar-refractivity contribution in [1.82, 2.24) is 10.2 Å². The second-order valence-corrected chi connectivity index (χ2v) is 7.41. The molecule has 162 valence electrons. The Balaban J connectivity index is 1.81. The van der Waals surface area contributed by atoms with Gasteiger partial charge in [0.1, 0.15) is 5.54 Å². The predicted octanol–water partition coefficient (Wildman–Crippen LogP) is 2.53. The van der Waals surface area contributed by atoms with Crippen molar-refractivity contribution >= 4 is 23.7 Å². The van der Waals surface area contributed by atoms with Crippen LogP contribution >= 0.6 is 0 Å².